The normalized spacial score (nSPS) is 11.2. The predicted octanol–water partition coefficient (Wildman–Crippen LogP) is 4.64. The molecule has 0 aliphatic heterocycles. The Kier molecular flexibility index (Phi) is 5.79. The van der Waals surface area contributed by atoms with Crippen molar-refractivity contribution in [1.29, 1.82) is 0 Å². The lowest BCUT2D eigenvalue weighted by molar-refractivity contribution is 0.102. The van der Waals surface area contributed by atoms with Crippen LogP contribution in [0.1, 0.15) is 34.0 Å². The Bertz CT molecular complexity index is 1010. The van der Waals surface area contributed by atoms with Gasteiger partial charge in [0.15, 0.2) is 0 Å². The van der Waals surface area contributed by atoms with Gasteiger partial charge in [-0.05, 0) is 49.2 Å². The molecule has 0 fully saturated rings. The summed E-state index contributed by atoms with van der Waals surface area (Å²) in [4.78, 5) is 20.4. The Morgan fingerprint density at radius 3 is 2.39 bits per heavy atom. The second-order valence-electron chi connectivity index (χ2n) is 6.11. The summed E-state index contributed by atoms with van der Waals surface area (Å²) in [6.45, 7) is 3.49. The standard InChI is InChI=1S/C22H20FN3O2/c1-4-18(15-5-8-17(28-3)9-6-15)16-7-10-21(25-11-16)26-22(27)19-12-24-13-20(23)14(19)2/h4-13H,1-3H3,(H,25,26,27). The number of pyridine rings is 2. The van der Waals surface area contributed by atoms with Crippen LogP contribution in [-0.4, -0.2) is 23.0 Å². The minimum absolute atomic E-state index is 0.179. The van der Waals surface area contributed by atoms with E-state index in [1.54, 1.807) is 19.4 Å². The summed E-state index contributed by atoms with van der Waals surface area (Å²) in [5.41, 5.74) is 3.38. The maximum absolute atomic E-state index is 13.6. The van der Waals surface area contributed by atoms with E-state index in [1.807, 2.05) is 43.3 Å². The molecular formula is C22H20FN3O2. The van der Waals surface area contributed by atoms with E-state index in [-0.39, 0.29) is 11.1 Å². The van der Waals surface area contributed by atoms with Crippen LogP contribution in [0.15, 0.2) is 61.1 Å². The van der Waals surface area contributed by atoms with Crippen molar-refractivity contribution in [2.75, 3.05) is 12.4 Å². The first-order chi connectivity index (χ1) is 13.5. The minimum Gasteiger partial charge on any atom is -0.497 e. The Morgan fingerprint density at radius 2 is 1.79 bits per heavy atom. The third-order valence-electron chi connectivity index (χ3n) is 4.40. The molecule has 3 aromatic rings. The molecule has 1 amide bonds. The zero-order valence-electron chi connectivity index (χ0n) is 15.9. The third-order valence-corrected chi connectivity index (χ3v) is 4.40. The van der Waals surface area contributed by atoms with Gasteiger partial charge in [-0.3, -0.25) is 9.78 Å². The van der Waals surface area contributed by atoms with Gasteiger partial charge in [-0.25, -0.2) is 9.37 Å². The fourth-order valence-corrected chi connectivity index (χ4v) is 2.81. The zero-order valence-corrected chi connectivity index (χ0v) is 15.9. The molecule has 0 aliphatic rings. The molecule has 5 nitrogen and oxygen atoms in total. The summed E-state index contributed by atoms with van der Waals surface area (Å²) in [6.07, 6.45) is 6.10. The molecule has 1 N–H and O–H groups in total. The van der Waals surface area contributed by atoms with Crippen LogP contribution >= 0.6 is 0 Å². The van der Waals surface area contributed by atoms with Gasteiger partial charge in [0.1, 0.15) is 17.4 Å². The number of allylic oxidation sites excluding steroid dienone is 1. The van der Waals surface area contributed by atoms with E-state index in [9.17, 15) is 9.18 Å². The lowest BCUT2D eigenvalue weighted by Gasteiger charge is -2.10. The molecule has 0 aliphatic carbocycles. The second-order valence-corrected chi connectivity index (χ2v) is 6.11. The molecule has 0 radical (unpaired) electrons. The monoisotopic (exact) mass is 377 g/mol. The molecule has 0 saturated heterocycles. The molecule has 0 atom stereocenters. The fourth-order valence-electron chi connectivity index (χ4n) is 2.81. The first kappa shape index (κ1) is 19.2. The number of aromatic nitrogens is 2. The van der Waals surface area contributed by atoms with E-state index < -0.39 is 11.7 Å². The first-order valence-corrected chi connectivity index (χ1v) is 8.72. The number of carbonyl (C=O) groups is 1. The van der Waals surface area contributed by atoms with Crippen molar-refractivity contribution < 1.29 is 13.9 Å². The highest BCUT2D eigenvalue weighted by Gasteiger charge is 2.13. The molecule has 3 rings (SSSR count). The number of amides is 1. The van der Waals surface area contributed by atoms with Crippen LogP contribution in [0.3, 0.4) is 0 Å². The molecule has 0 saturated carbocycles. The maximum atomic E-state index is 13.6. The van der Waals surface area contributed by atoms with Crippen molar-refractivity contribution in [2.45, 2.75) is 13.8 Å². The molecule has 142 valence electrons. The quantitative estimate of drug-likeness (QED) is 0.704. The van der Waals surface area contributed by atoms with Crippen molar-refractivity contribution in [3.05, 3.63) is 89.1 Å². The molecule has 0 spiro atoms. The van der Waals surface area contributed by atoms with Crippen LogP contribution in [0.4, 0.5) is 10.2 Å². The van der Waals surface area contributed by atoms with Crippen LogP contribution in [0.25, 0.3) is 5.57 Å². The Labute approximate surface area is 162 Å². The zero-order chi connectivity index (χ0) is 20.1. The van der Waals surface area contributed by atoms with Gasteiger partial charge in [0.25, 0.3) is 5.91 Å². The number of ether oxygens (including phenoxy) is 1. The Hall–Kier alpha value is -3.54. The van der Waals surface area contributed by atoms with Gasteiger partial charge in [-0.1, -0.05) is 18.2 Å². The van der Waals surface area contributed by atoms with Gasteiger partial charge < -0.3 is 10.1 Å². The van der Waals surface area contributed by atoms with Gasteiger partial charge in [0, 0.05) is 23.5 Å². The lowest BCUT2D eigenvalue weighted by Crippen LogP contribution is -2.15. The van der Waals surface area contributed by atoms with E-state index in [2.05, 4.69) is 15.3 Å². The van der Waals surface area contributed by atoms with Gasteiger partial charge >= 0.3 is 0 Å². The molecule has 1 aromatic carbocycles. The van der Waals surface area contributed by atoms with E-state index in [4.69, 9.17) is 4.74 Å². The van der Waals surface area contributed by atoms with Crippen LogP contribution in [0.5, 0.6) is 5.75 Å². The number of nitrogens with zero attached hydrogens (tertiary/aromatic N) is 2. The Balaban J connectivity index is 1.78. The second kappa shape index (κ2) is 8.43. The van der Waals surface area contributed by atoms with Crippen LogP contribution in [0.2, 0.25) is 0 Å². The highest BCUT2D eigenvalue weighted by Crippen LogP contribution is 2.25. The summed E-state index contributed by atoms with van der Waals surface area (Å²) >= 11 is 0. The average molecular weight is 377 g/mol. The average Bonchev–Trinajstić information content (AvgIpc) is 2.72. The number of anilines is 1. The van der Waals surface area contributed by atoms with Crippen LogP contribution < -0.4 is 10.1 Å². The number of hydrogen-bond acceptors (Lipinski definition) is 4. The fraction of sp³-hybridized carbons (Fsp3) is 0.136. The molecule has 0 unspecified atom stereocenters. The van der Waals surface area contributed by atoms with Crippen LogP contribution in [-0.2, 0) is 0 Å². The number of benzene rings is 1. The number of methoxy groups -OCH3 is 1. The largest absolute Gasteiger partial charge is 0.497 e. The lowest BCUT2D eigenvalue weighted by atomic mass is 9.99. The van der Waals surface area contributed by atoms with Gasteiger partial charge in [0.2, 0.25) is 0 Å². The summed E-state index contributed by atoms with van der Waals surface area (Å²) in [5.74, 6) is 0.194. The van der Waals surface area contributed by atoms with Crippen molar-refractivity contribution in [1.82, 2.24) is 9.97 Å². The van der Waals surface area contributed by atoms with E-state index in [1.165, 1.54) is 13.1 Å². The minimum atomic E-state index is -0.520. The number of carbonyl (C=O) groups excluding carboxylic acids is 1. The van der Waals surface area contributed by atoms with E-state index in [0.717, 1.165) is 28.6 Å². The molecule has 0 bridgehead atoms. The van der Waals surface area contributed by atoms with Crippen LogP contribution in [0, 0.1) is 12.7 Å². The molecule has 2 heterocycles. The summed E-state index contributed by atoms with van der Waals surface area (Å²) < 4.78 is 18.8. The third kappa shape index (κ3) is 4.06. The Morgan fingerprint density at radius 1 is 1.07 bits per heavy atom. The predicted molar refractivity (Wildman–Crippen MR) is 107 cm³/mol. The summed E-state index contributed by atoms with van der Waals surface area (Å²) in [5, 5.41) is 2.67. The van der Waals surface area contributed by atoms with E-state index in [0.29, 0.717) is 5.82 Å². The molecule has 28 heavy (non-hydrogen) atoms. The number of halogens is 1. The first-order valence-electron chi connectivity index (χ1n) is 8.72. The molecule has 2 aromatic heterocycles. The number of hydrogen-bond donors (Lipinski definition) is 1. The highest BCUT2D eigenvalue weighted by molar-refractivity contribution is 6.04. The molecule has 6 heteroatoms. The topological polar surface area (TPSA) is 64.1 Å². The maximum Gasteiger partial charge on any atom is 0.258 e. The van der Waals surface area contributed by atoms with E-state index >= 15 is 0 Å². The number of nitrogens with one attached hydrogen (secondary N) is 1. The summed E-state index contributed by atoms with van der Waals surface area (Å²) in [6, 6.07) is 11.3. The molecular weight excluding hydrogens is 357 g/mol. The summed E-state index contributed by atoms with van der Waals surface area (Å²) in [7, 11) is 1.63. The van der Waals surface area contributed by atoms with Crippen molar-refractivity contribution in [3.63, 3.8) is 0 Å². The van der Waals surface area contributed by atoms with Gasteiger partial charge in [-0.15, -0.1) is 0 Å². The SMILES string of the molecule is CC=C(c1ccc(OC)cc1)c1ccc(NC(=O)c2cncc(F)c2C)nc1. The smallest absolute Gasteiger partial charge is 0.258 e. The van der Waals surface area contributed by atoms with Crippen molar-refractivity contribution >= 4 is 17.3 Å². The van der Waals surface area contributed by atoms with Crippen molar-refractivity contribution in [3.8, 4) is 5.75 Å². The van der Waals surface area contributed by atoms with Crippen molar-refractivity contribution in [2.24, 2.45) is 0 Å². The number of rotatable bonds is 5. The van der Waals surface area contributed by atoms with Gasteiger partial charge in [0.05, 0.1) is 18.9 Å². The highest BCUT2D eigenvalue weighted by atomic mass is 19.1. The van der Waals surface area contributed by atoms with Gasteiger partial charge in [-0.2, -0.15) is 0 Å².